The lowest BCUT2D eigenvalue weighted by Gasteiger charge is -2.10. The predicted molar refractivity (Wildman–Crippen MR) is 137 cm³/mol. The molecule has 0 fully saturated rings. The minimum Gasteiger partial charge on any atom is -0.486 e. The molecular weight excluding hydrogens is 539 g/mol. The smallest absolute Gasteiger partial charge is 0.486 e. The van der Waals surface area contributed by atoms with Gasteiger partial charge in [-0.1, -0.05) is 18.2 Å². The monoisotopic (exact) mass is 559 g/mol. The molecule has 1 amide bonds. The van der Waals surface area contributed by atoms with E-state index in [1.165, 1.54) is 11.3 Å². The van der Waals surface area contributed by atoms with Crippen molar-refractivity contribution in [3.8, 4) is 5.75 Å². The van der Waals surface area contributed by atoms with Gasteiger partial charge < -0.3 is 24.1 Å². The van der Waals surface area contributed by atoms with E-state index in [0.717, 1.165) is 21.2 Å². The number of nitrogens with one attached hydrogen (secondary N) is 1. The number of hydrogen-bond acceptors (Lipinski definition) is 7. The number of hydrogen-bond donors (Lipinski definition) is 2. The van der Waals surface area contributed by atoms with Crippen LogP contribution in [-0.4, -0.2) is 32.7 Å². The Hall–Kier alpha value is -4.65. The zero-order chi connectivity index (χ0) is 28.2. The Morgan fingerprint density at radius 3 is 2.46 bits per heavy atom. The summed E-state index contributed by atoms with van der Waals surface area (Å²) in [6.07, 6.45) is -0.179. The zero-order valence-electron chi connectivity index (χ0n) is 20.2. The molecule has 13 heteroatoms. The van der Waals surface area contributed by atoms with Crippen molar-refractivity contribution in [1.29, 1.82) is 0 Å². The van der Waals surface area contributed by atoms with E-state index in [0.29, 0.717) is 21.8 Å². The van der Waals surface area contributed by atoms with Gasteiger partial charge in [-0.05, 0) is 35.9 Å². The molecule has 0 saturated carbocycles. The zero-order valence-corrected chi connectivity index (χ0v) is 21.0. The summed E-state index contributed by atoms with van der Waals surface area (Å²) in [5.41, 5.74) is 1.48. The molecule has 0 aliphatic rings. The van der Waals surface area contributed by atoms with Crippen molar-refractivity contribution in [3.05, 3.63) is 93.7 Å². The third-order valence-corrected chi connectivity index (χ3v) is 6.68. The number of furan rings is 1. The summed E-state index contributed by atoms with van der Waals surface area (Å²) >= 11 is 1.26. The molecule has 0 atom stereocenters. The SMILES string of the molecule is Cn1c(=O)c2c(OCc3ccncc3)c(C(=O)NCc3ccco3)sc2c2ccccc21.O=C(O)C(F)(F)F. The van der Waals surface area contributed by atoms with Crippen molar-refractivity contribution in [2.24, 2.45) is 7.05 Å². The molecular formula is C26H20F3N3O6S. The third-order valence-electron chi connectivity index (χ3n) is 5.48. The van der Waals surface area contributed by atoms with Crippen molar-refractivity contribution in [3.63, 3.8) is 0 Å². The van der Waals surface area contributed by atoms with Gasteiger partial charge in [-0.15, -0.1) is 11.3 Å². The van der Waals surface area contributed by atoms with Crippen LogP contribution in [0.4, 0.5) is 13.2 Å². The first-order chi connectivity index (χ1) is 18.6. The molecule has 0 unspecified atom stereocenters. The number of amides is 1. The maximum absolute atomic E-state index is 13.3. The molecule has 5 rings (SSSR count). The molecule has 2 N–H and O–H groups in total. The highest BCUT2D eigenvalue weighted by Gasteiger charge is 2.38. The molecule has 1 aromatic carbocycles. The number of fused-ring (bicyclic) bond motifs is 3. The van der Waals surface area contributed by atoms with E-state index >= 15 is 0 Å². The van der Waals surface area contributed by atoms with Gasteiger partial charge in [0.2, 0.25) is 0 Å². The fraction of sp³-hybridized carbons (Fsp3) is 0.154. The number of aromatic nitrogens is 2. The number of thiophene rings is 1. The Balaban J connectivity index is 0.000000448. The fourth-order valence-electron chi connectivity index (χ4n) is 3.62. The number of carboxylic acids is 1. The number of carboxylic acid groups (broad SMARTS) is 1. The predicted octanol–water partition coefficient (Wildman–Crippen LogP) is 4.88. The number of carbonyl (C=O) groups is 2. The number of benzene rings is 1. The number of nitrogens with zero attached hydrogens (tertiary/aromatic N) is 2. The number of alkyl halides is 3. The Morgan fingerprint density at radius 2 is 1.82 bits per heavy atom. The summed E-state index contributed by atoms with van der Waals surface area (Å²) in [5, 5.41) is 11.3. The Bertz CT molecular complexity index is 1680. The first-order valence-electron chi connectivity index (χ1n) is 11.2. The second-order valence-corrected chi connectivity index (χ2v) is 9.08. The summed E-state index contributed by atoms with van der Waals surface area (Å²) < 4.78 is 45.5. The van der Waals surface area contributed by atoms with E-state index in [2.05, 4.69) is 10.3 Å². The number of aryl methyl sites for hydroxylation is 1. The molecule has 0 radical (unpaired) electrons. The Labute approximate surface area is 222 Å². The van der Waals surface area contributed by atoms with Crippen LogP contribution in [0, 0.1) is 0 Å². The summed E-state index contributed by atoms with van der Waals surface area (Å²) in [4.78, 5) is 39.7. The molecule has 202 valence electrons. The van der Waals surface area contributed by atoms with Crippen LogP contribution in [-0.2, 0) is 25.0 Å². The number of aliphatic carboxylic acids is 1. The van der Waals surface area contributed by atoms with Gasteiger partial charge in [-0.3, -0.25) is 14.6 Å². The quantitative estimate of drug-likeness (QED) is 0.304. The van der Waals surface area contributed by atoms with Crippen LogP contribution < -0.4 is 15.6 Å². The molecule has 4 heterocycles. The number of ether oxygens (including phenoxy) is 1. The number of carbonyl (C=O) groups excluding carboxylic acids is 1. The van der Waals surface area contributed by atoms with Gasteiger partial charge in [0.1, 0.15) is 22.6 Å². The van der Waals surface area contributed by atoms with E-state index < -0.39 is 12.1 Å². The van der Waals surface area contributed by atoms with Crippen molar-refractivity contribution >= 4 is 44.2 Å². The maximum atomic E-state index is 13.3. The minimum absolute atomic E-state index is 0.204. The van der Waals surface area contributed by atoms with Gasteiger partial charge in [-0.25, -0.2) is 4.79 Å². The number of halogens is 3. The van der Waals surface area contributed by atoms with Crippen molar-refractivity contribution in [1.82, 2.24) is 14.9 Å². The molecule has 9 nitrogen and oxygen atoms in total. The van der Waals surface area contributed by atoms with Crippen molar-refractivity contribution in [2.75, 3.05) is 0 Å². The van der Waals surface area contributed by atoms with Gasteiger partial charge in [0.25, 0.3) is 11.5 Å². The highest BCUT2D eigenvalue weighted by Crippen LogP contribution is 2.40. The molecule has 0 aliphatic heterocycles. The molecule has 39 heavy (non-hydrogen) atoms. The average Bonchev–Trinajstić information content (AvgIpc) is 3.58. The van der Waals surface area contributed by atoms with E-state index in [9.17, 15) is 22.8 Å². The minimum atomic E-state index is -5.08. The van der Waals surface area contributed by atoms with Gasteiger partial charge in [0, 0.05) is 24.8 Å². The van der Waals surface area contributed by atoms with Gasteiger partial charge in [0.05, 0.1) is 23.0 Å². The molecule has 0 saturated heterocycles. The molecule has 0 spiro atoms. The lowest BCUT2D eigenvalue weighted by atomic mass is 10.1. The van der Waals surface area contributed by atoms with Gasteiger partial charge in [-0.2, -0.15) is 13.2 Å². The fourth-order valence-corrected chi connectivity index (χ4v) is 4.81. The molecule has 4 aromatic heterocycles. The Morgan fingerprint density at radius 1 is 1.13 bits per heavy atom. The lowest BCUT2D eigenvalue weighted by molar-refractivity contribution is -0.192. The van der Waals surface area contributed by atoms with E-state index in [1.807, 2.05) is 36.4 Å². The first-order valence-corrected chi connectivity index (χ1v) is 12.1. The van der Waals surface area contributed by atoms with E-state index in [4.69, 9.17) is 19.1 Å². The van der Waals surface area contributed by atoms with E-state index in [1.54, 1.807) is 42.4 Å². The topological polar surface area (TPSA) is 124 Å². The molecule has 0 aliphatic carbocycles. The standard InChI is InChI=1S/C24H19N3O4S.C2HF3O2/c1-27-18-7-3-2-6-17(18)21-19(24(27)29)20(31-14-15-8-10-25-11-9-15)22(32-21)23(28)26-13-16-5-4-12-30-16;3-2(4,5)1(6)7/h2-12H,13-14H2,1H3,(H,26,28);(H,6,7). The van der Waals surface area contributed by atoms with Crippen LogP contribution in [0.5, 0.6) is 5.75 Å². The van der Waals surface area contributed by atoms with Crippen molar-refractivity contribution in [2.45, 2.75) is 19.3 Å². The van der Waals surface area contributed by atoms with Crippen molar-refractivity contribution < 1.29 is 37.0 Å². The van der Waals surface area contributed by atoms with Crippen LogP contribution in [0.25, 0.3) is 21.0 Å². The Kier molecular flexibility index (Phi) is 8.00. The summed E-state index contributed by atoms with van der Waals surface area (Å²) in [6, 6.07) is 14.9. The third kappa shape index (κ3) is 6.09. The number of para-hydroxylation sites is 1. The largest absolute Gasteiger partial charge is 0.490 e. The van der Waals surface area contributed by atoms with Crippen LogP contribution in [0.15, 0.2) is 76.4 Å². The molecule has 5 aromatic rings. The number of pyridine rings is 2. The number of rotatable bonds is 6. The highest BCUT2D eigenvalue weighted by atomic mass is 32.1. The first kappa shape index (κ1) is 27.4. The van der Waals surface area contributed by atoms with Gasteiger partial charge >= 0.3 is 12.1 Å². The lowest BCUT2D eigenvalue weighted by Crippen LogP contribution is -2.22. The summed E-state index contributed by atoms with van der Waals surface area (Å²) in [6.45, 7) is 0.450. The highest BCUT2D eigenvalue weighted by molar-refractivity contribution is 7.22. The normalized spacial score (nSPS) is 11.2. The van der Waals surface area contributed by atoms with Gasteiger partial charge in [0.15, 0.2) is 5.75 Å². The summed E-state index contributed by atoms with van der Waals surface area (Å²) in [7, 11) is 1.73. The second-order valence-electron chi connectivity index (χ2n) is 8.05. The molecule has 0 bridgehead atoms. The average molecular weight is 560 g/mol. The van der Waals surface area contributed by atoms with E-state index in [-0.39, 0.29) is 24.6 Å². The maximum Gasteiger partial charge on any atom is 0.490 e. The van der Waals surface area contributed by atoms with Crippen LogP contribution in [0.1, 0.15) is 21.0 Å². The van der Waals surface area contributed by atoms with Crippen LogP contribution >= 0.6 is 11.3 Å². The van der Waals surface area contributed by atoms with Crippen LogP contribution in [0.3, 0.4) is 0 Å². The second kappa shape index (κ2) is 11.4. The van der Waals surface area contributed by atoms with Crippen LogP contribution in [0.2, 0.25) is 0 Å². The summed E-state index contributed by atoms with van der Waals surface area (Å²) in [5.74, 6) is -2.14.